The second-order valence-corrected chi connectivity index (χ2v) is 7.95. The summed E-state index contributed by atoms with van der Waals surface area (Å²) in [5.41, 5.74) is 3.35. The molecule has 0 atom stereocenters. The fraction of sp³-hybridized carbons (Fsp3) is 0.231. The number of carboxylic acid groups (broad SMARTS) is 1. The van der Waals surface area contributed by atoms with Crippen LogP contribution in [0.2, 0.25) is 0 Å². The molecule has 31 heavy (non-hydrogen) atoms. The molecule has 2 N–H and O–H groups in total. The highest BCUT2D eigenvalue weighted by Crippen LogP contribution is 2.32. The Labute approximate surface area is 181 Å². The van der Waals surface area contributed by atoms with E-state index in [1.807, 2.05) is 38.1 Å². The monoisotopic (exact) mass is 418 g/mol. The zero-order valence-electron chi connectivity index (χ0n) is 17.9. The second kappa shape index (κ2) is 9.47. The first-order chi connectivity index (χ1) is 14.8. The molecule has 160 valence electrons. The minimum absolute atomic E-state index is 0.0488. The molecule has 5 nitrogen and oxygen atoms in total. The number of benzene rings is 3. The smallest absolute Gasteiger partial charge is 0.336 e. The van der Waals surface area contributed by atoms with Crippen molar-refractivity contribution >= 4 is 11.8 Å². The summed E-state index contributed by atoms with van der Waals surface area (Å²) in [5, 5.41) is 19.9. The van der Waals surface area contributed by atoms with Gasteiger partial charge in [0.2, 0.25) is 0 Å². The third-order valence-electron chi connectivity index (χ3n) is 5.07. The number of aromatic carboxylic acids is 1. The molecule has 0 radical (unpaired) electrons. The molecule has 5 heteroatoms. The van der Waals surface area contributed by atoms with Crippen LogP contribution in [0.15, 0.2) is 60.7 Å². The van der Waals surface area contributed by atoms with Gasteiger partial charge in [-0.05, 0) is 53.8 Å². The first-order valence-electron chi connectivity index (χ1n) is 10.2. The van der Waals surface area contributed by atoms with E-state index >= 15 is 0 Å². The van der Waals surface area contributed by atoms with Gasteiger partial charge in [0.05, 0.1) is 11.1 Å². The number of rotatable bonds is 8. The van der Waals surface area contributed by atoms with Crippen molar-refractivity contribution in [2.75, 3.05) is 0 Å². The fourth-order valence-electron chi connectivity index (χ4n) is 3.45. The van der Waals surface area contributed by atoms with Gasteiger partial charge in [0.15, 0.2) is 5.78 Å². The molecule has 0 aromatic heterocycles. The molecule has 0 aliphatic carbocycles. The van der Waals surface area contributed by atoms with E-state index in [2.05, 4.69) is 0 Å². The molecule has 0 unspecified atom stereocenters. The quantitative estimate of drug-likeness (QED) is 0.447. The number of carbonyl (C=O) groups is 2. The number of hydrogen-bond acceptors (Lipinski definition) is 4. The van der Waals surface area contributed by atoms with E-state index in [1.165, 1.54) is 0 Å². The number of Topliss-reactive ketones (excluding diaryl/α,β-unsaturated/α-hetero) is 1. The van der Waals surface area contributed by atoms with Gasteiger partial charge >= 0.3 is 5.97 Å². The maximum absolute atomic E-state index is 12.3. The van der Waals surface area contributed by atoms with Crippen molar-refractivity contribution in [1.29, 1.82) is 0 Å². The Morgan fingerprint density at radius 2 is 1.71 bits per heavy atom. The summed E-state index contributed by atoms with van der Waals surface area (Å²) in [5.74, 6) is -0.411. The predicted octanol–water partition coefficient (Wildman–Crippen LogP) is 5.87. The molecule has 0 spiro atoms. The number of carboxylic acids is 1. The number of phenols is 1. The normalized spacial score (nSPS) is 10.8. The van der Waals surface area contributed by atoms with E-state index in [0.717, 1.165) is 11.1 Å². The van der Waals surface area contributed by atoms with Gasteiger partial charge in [-0.15, -0.1) is 0 Å². The summed E-state index contributed by atoms with van der Waals surface area (Å²) in [7, 11) is 0. The van der Waals surface area contributed by atoms with E-state index in [9.17, 15) is 19.8 Å². The third-order valence-corrected chi connectivity index (χ3v) is 5.07. The first kappa shape index (κ1) is 22.1. The standard InChI is InChI=1S/C26H26O5/c1-16(2)13-23(27)22-11-12-24(17(3)25(22)28)31-15-18-7-6-8-19(14-18)20-9-4-5-10-21(20)26(29)30/h4-12,14,16,28H,13,15H2,1-3H3,(H,29,30). The lowest BCUT2D eigenvalue weighted by atomic mass is 9.98. The first-order valence-corrected chi connectivity index (χ1v) is 10.2. The Morgan fingerprint density at radius 3 is 2.42 bits per heavy atom. The summed E-state index contributed by atoms with van der Waals surface area (Å²) in [6.45, 7) is 5.88. The molecule has 0 heterocycles. The van der Waals surface area contributed by atoms with Gasteiger partial charge in [0.25, 0.3) is 0 Å². The Morgan fingerprint density at radius 1 is 0.968 bits per heavy atom. The van der Waals surface area contributed by atoms with Gasteiger partial charge in [0.1, 0.15) is 18.1 Å². The number of carbonyl (C=O) groups excluding carboxylic acids is 1. The van der Waals surface area contributed by atoms with Crippen molar-refractivity contribution in [3.8, 4) is 22.6 Å². The molecule has 0 fully saturated rings. The summed E-state index contributed by atoms with van der Waals surface area (Å²) >= 11 is 0. The van der Waals surface area contributed by atoms with Crippen molar-refractivity contribution < 1.29 is 24.5 Å². The highest BCUT2D eigenvalue weighted by atomic mass is 16.5. The van der Waals surface area contributed by atoms with Gasteiger partial charge in [-0.25, -0.2) is 4.79 Å². The molecule has 0 aliphatic heterocycles. The van der Waals surface area contributed by atoms with Crippen LogP contribution in [0.5, 0.6) is 11.5 Å². The van der Waals surface area contributed by atoms with E-state index in [4.69, 9.17) is 4.74 Å². The van der Waals surface area contributed by atoms with Crippen LogP contribution in [0, 0.1) is 12.8 Å². The van der Waals surface area contributed by atoms with Gasteiger partial charge in [-0.2, -0.15) is 0 Å². The Balaban J connectivity index is 1.80. The summed E-state index contributed by atoms with van der Waals surface area (Å²) in [6, 6.07) is 17.6. The van der Waals surface area contributed by atoms with Crippen LogP contribution in [0.25, 0.3) is 11.1 Å². The highest BCUT2D eigenvalue weighted by Gasteiger charge is 2.17. The van der Waals surface area contributed by atoms with Crippen LogP contribution in [0.4, 0.5) is 0 Å². The van der Waals surface area contributed by atoms with Crippen LogP contribution in [0.3, 0.4) is 0 Å². The lowest BCUT2D eigenvalue weighted by molar-refractivity contribution is 0.0697. The lowest BCUT2D eigenvalue weighted by Gasteiger charge is -2.14. The minimum Gasteiger partial charge on any atom is -0.507 e. The third kappa shape index (κ3) is 5.12. The zero-order chi connectivity index (χ0) is 22.5. The molecule has 3 aromatic carbocycles. The zero-order valence-corrected chi connectivity index (χ0v) is 17.9. The Kier molecular flexibility index (Phi) is 6.75. The van der Waals surface area contributed by atoms with Crippen molar-refractivity contribution in [2.45, 2.75) is 33.8 Å². The van der Waals surface area contributed by atoms with E-state index in [1.54, 1.807) is 43.3 Å². The van der Waals surface area contributed by atoms with Gasteiger partial charge in [-0.3, -0.25) is 4.79 Å². The molecule has 0 bridgehead atoms. The van der Waals surface area contributed by atoms with Crippen LogP contribution in [-0.2, 0) is 6.61 Å². The number of aromatic hydroxyl groups is 1. The Bertz CT molecular complexity index is 1110. The molecule has 3 aromatic rings. The van der Waals surface area contributed by atoms with Crippen LogP contribution >= 0.6 is 0 Å². The number of hydrogen-bond donors (Lipinski definition) is 2. The molecule has 3 rings (SSSR count). The van der Waals surface area contributed by atoms with Crippen molar-refractivity contribution in [2.24, 2.45) is 5.92 Å². The molecule has 0 saturated carbocycles. The molecular formula is C26H26O5. The van der Waals surface area contributed by atoms with Gasteiger partial charge < -0.3 is 14.9 Å². The van der Waals surface area contributed by atoms with Crippen molar-refractivity contribution in [3.05, 3.63) is 82.9 Å². The fourth-order valence-corrected chi connectivity index (χ4v) is 3.45. The summed E-state index contributed by atoms with van der Waals surface area (Å²) in [4.78, 5) is 23.8. The van der Waals surface area contributed by atoms with Crippen molar-refractivity contribution in [3.63, 3.8) is 0 Å². The SMILES string of the molecule is Cc1c(OCc2cccc(-c3ccccc3C(=O)O)c2)ccc(C(=O)CC(C)C)c1O. The van der Waals surface area contributed by atoms with Crippen LogP contribution in [-0.4, -0.2) is 22.0 Å². The van der Waals surface area contributed by atoms with Gasteiger partial charge in [0, 0.05) is 12.0 Å². The number of ketones is 1. The Hall–Kier alpha value is -3.60. The number of phenolic OH excluding ortho intramolecular Hbond substituents is 1. The average molecular weight is 418 g/mol. The largest absolute Gasteiger partial charge is 0.507 e. The van der Waals surface area contributed by atoms with E-state index in [0.29, 0.717) is 28.9 Å². The van der Waals surface area contributed by atoms with Crippen molar-refractivity contribution in [1.82, 2.24) is 0 Å². The van der Waals surface area contributed by atoms with Crippen LogP contribution in [0.1, 0.15) is 52.1 Å². The molecular weight excluding hydrogens is 392 g/mol. The maximum Gasteiger partial charge on any atom is 0.336 e. The molecule has 0 aliphatic rings. The summed E-state index contributed by atoms with van der Waals surface area (Å²) < 4.78 is 5.90. The average Bonchev–Trinajstić information content (AvgIpc) is 2.74. The molecule has 0 amide bonds. The second-order valence-electron chi connectivity index (χ2n) is 7.95. The molecule has 0 saturated heterocycles. The van der Waals surface area contributed by atoms with Gasteiger partial charge in [-0.1, -0.05) is 50.2 Å². The van der Waals surface area contributed by atoms with E-state index in [-0.39, 0.29) is 29.6 Å². The predicted molar refractivity (Wildman–Crippen MR) is 120 cm³/mol. The lowest BCUT2D eigenvalue weighted by Crippen LogP contribution is -2.05. The highest BCUT2D eigenvalue weighted by molar-refractivity contribution is 5.99. The summed E-state index contributed by atoms with van der Waals surface area (Å²) in [6.07, 6.45) is 0.373. The number of ether oxygens (including phenoxy) is 1. The minimum atomic E-state index is -0.976. The van der Waals surface area contributed by atoms with E-state index < -0.39 is 5.97 Å². The topological polar surface area (TPSA) is 83.8 Å². The maximum atomic E-state index is 12.3. The van der Waals surface area contributed by atoms with Crippen LogP contribution < -0.4 is 4.74 Å².